The number of phosphoric ester groups is 1. The number of phosphoric acid groups is 1. The molecular weight excluding hydrogens is 595 g/mol. The predicted octanol–water partition coefficient (Wildman–Crippen LogP) is -2.70. The van der Waals surface area contributed by atoms with Crippen molar-refractivity contribution in [3.63, 3.8) is 0 Å². The minimum atomic E-state index is -5.04. The van der Waals surface area contributed by atoms with Crippen molar-refractivity contribution >= 4 is 41.8 Å². The summed E-state index contributed by atoms with van der Waals surface area (Å²) < 4.78 is 38.0. The third-order valence-electron chi connectivity index (χ3n) is 7.80. The van der Waals surface area contributed by atoms with Crippen molar-refractivity contribution in [1.82, 2.24) is 39.0 Å². The lowest BCUT2D eigenvalue weighted by Gasteiger charge is -2.45. The normalized spacial score (nSPS) is 34.9. The number of hydrogen-bond donors (Lipinski definition) is 7. The van der Waals surface area contributed by atoms with E-state index < -0.39 is 69.1 Å². The summed E-state index contributed by atoms with van der Waals surface area (Å²) in [4.78, 5) is 34.9. The highest BCUT2D eigenvalue weighted by atomic mass is 31.2. The molecule has 4 aromatic rings. The van der Waals surface area contributed by atoms with Crippen molar-refractivity contribution in [2.45, 2.75) is 48.1 Å². The van der Waals surface area contributed by atoms with Gasteiger partial charge in [0.25, 0.3) is 0 Å². The van der Waals surface area contributed by atoms with E-state index in [-0.39, 0.29) is 34.0 Å². The Bertz CT molecular complexity index is 1800. The first kappa shape index (κ1) is 28.1. The quantitative estimate of drug-likeness (QED) is 0.0778. The monoisotopic (exact) mass is 620 g/mol. The summed E-state index contributed by atoms with van der Waals surface area (Å²) in [7, 11) is -5.04. The molecule has 0 amide bonds. The van der Waals surface area contributed by atoms with E-state index in [9.17, 15) is 29.9 Å². The summed E-state index contributed by atoms with van der Waals surface area (Å²) in [6.07, 6.45) is -0.941. The first-order valence-electron chi connectivity index (χ1n) is 12.8. The van der Waals surface area contributed by atoms with Crippen LogP contribution in [0.25, 0.3) is 22.3 Å². The van der Waals surface area contributed by atoms with Gasteiger partial charge in [-0.25, -0.2) is 34.5 Å². The minimum Gasteiger partial charge on any atom is -0.394 e. The highest BCUT2D eigenvalue weighted by Crippen LogP contribution is 2.55. The number of anilines is 2. The molecule has 4 aromatic heterocycles. The van der Waals surface area contributed by atoms with E-state index in [1.807, 2.05) is 0 Å². The van der Waals surface area contributed by atoms with Gasteiger partial charge >= 0.3 is 7.82 Å². The van der Waals surface area contributed by atoms with Crippen molar-refractivity contribution in [2.24, 2.45) is 0 Å². The standard InChI is InChI=1S/C22H25N10O10P/c23-16-11-18(27-5-25-16)31(7-29-11)20-14(13(34)9(3-33)40-20)42-43(37,38)39-4-10-15(35)21(36)1-2-22(21,41-10)32-8-30-12-17(24)26-6-28-19(12)32/h1-2,5-10,13-15,20,33-36H,3-4H2,(H,37,38)(H2,23,25,27)(H2,24,26,28)/t9-,10-,13-,14-,15-,20-,21-,22-/m1/s1. The lowest BCUT2D eigenvalue weighted by molar-refractivity contribution is -0.159. The predicted molar refractivity (Wildman–Crippen MR) is 140 cm³/mol. The van der Waals surface area contributed by atoms with Crippen LogP contribution in [0.4, 0.5) is 11.6 Å². The van der Waals surface area contributed by atoms with Gasteiger partial charge < -0.3 is 46.3 Å². The van der Waals surface area contributed by atoms with Crippen molar-refractivity contribution in [3.05, 3.63) is 37.5 Å². The topological polar surface area (TPSA) is 294 Å². The highest BCUT2D eigenvalue weighted by molar-refractivity contribution is 7.47. The molecule has 21 heteroatoms. The molecule has 9 atom stereocenters. The second-order valence-electron chi connectivity index (χ2n) is 10.2. The molecule has 0 spiro atoms. The number of nitrogens with zero attached hydrogens (tertiary/aromatic N) is 8. The molecule has 2 aliphatic heterocycles. The zero-order chi connectivity index (χ0) is 30.3. The average molecular weight is 620 g/mol. The number of aromatic nitrogens is 8. The zero-order valence-corrected chi connectivity index (χ0v) is 22.7. The van der Waals surface area contributed by atoms with Crippen LogP contribution in [0, 0.1) is 0 Å². The van der Waals surface area contributed by atoms with Crippen LogP contribution in [0.1, 0.15) is 6.23 Å². The molecule has 6 heterocycles. The van der Waals surface area contributed by atoms with Crippen LogP contribution in [0.5, 0.6) is 0 Å². The Morgan fingerprint density at radius 1 is 0.977 bits per heavy atom. The molecule has 0 saturated carbocycles. The summed E-state index contributed by atoms with van der Waals surface area (Å²) in [5, 5.41) is 42.8. The van der Waals surface area contributed by atoms with Gasteiger partial charge in [-0.15, -0.1) is 0 Å². The Morgan fingerprint density at radius 2 is 1.65 bits per heavy atom. The second kappa shape index (κ2) is 9.66. The van der Waals surface area contributed by atoms with Gasteiger partial charge in [-0.2, -0.15) is 0 Å². The van der Waals surface area contributed by atoms with Crippen LogP contribution in [0.15, 0.2) is 37.5 Å². The molecule has 0 radical (unpaired) electrons. The molecule has 2 saturated heterocycles. The summed E-state index contributed by atoms with van der Waals surface area (Å²) in [6, 6.07) is 0. The van der Waals surface area contributed by atoms with E-state index in [1.54, 1.807) is 0 Å². The van der Waals surface area contributed by atoms with Crippen molar-refractivity contribution in [2.75, 3.05) is 24.7 Å². The number of nitrogens with two attached hydrogens (primary N) is 2. The number of aliphatic hydroxyl groups excluding tert-OH is 3. The Hall–Kier alpha value is -3.69. The molecule has 2 fully saturated rings. The third kappa shape index (κ3) is 4.00. The number of imidazole rings is 2. The van der Waals surface area contributed by atoms with Crippen LogP contribution < -0.4 is 11.5 Å². The van der Waals surface area contributed by atoms with Crippen LogP contribution in [0.3, 0.4) is 0 Å². The van der Waals surface area contributed by atoms with Gasteiger partial charge in [0.15, 0.2) is 34.8 Å². The molecule has 9 N–H and O–H groups in total. The van der Waals surface area contributed by atoms with Gasteiger partial charge in [-0.05, 0) is 12.2 Å². The minimum absolute atomic E-state index is 0.0623. The highest BCUT2D eigenvalue weighted by Gasteiger charge is 2.69. The molecule has 1 aliphatic carbocycles. The molecule has 20 nitrogen and oxygen atoms in total. The van der Waals surface area contributed by atoms with Crippen molar-refractivity contribution in [3.8, 4) is 0 Å². The van der Waals surface area contributed by atoms with E-state index in [0.29, 0.717) is 0 Å². The van der Waals surface area contributed by atoms with Crippen LogP contribution >= 0.6 is 7.82 Å². The second-order valence-corrected chi connectivity index (χ2v) is 11.6. The van der Waals surface area contributed by atoms with Gasteiger partial charge in [0.2, 0.25) is 5.72 Å². The van der Waals surface area contributed by atoms with Gasteiger partial charge in [0.05, 0.1) is 25.9 Å². The number of aliphatic hydroxyl groups is 4. The SMILES string of the molecule is Nc1ncnc2c1ncn2[C@@H]1O[C@H](CO)[C@@H](O)[C@H]1OP(=O)(O)OC[C@H]1O[C@]2(n3cnc4c(N)ncnc43)C=C[C@@]2(O)[C@@H]1O. The molecule has 0 bridgehead atoms. The Kier molecular flexibility index (Phi) is 6.31. The molecule has 228 valence electrons. The largest absolute Gasteiger partial charge is 0.472 e. The number of ether oxygens (including phenoxy) is 2. The van der Waals surface area contributed by atoms with Gasteiger partial charge in [0.1, 0.15) is 54.2 Å². The van der Waals surface area contributed by atoms with E-state index in [0.717, 1.165) is 0 Å². The van der Waals surface area contributed by atoms with E-state index in [2.05, 4.69) is 29.9 Å². The van der Waals surface area contributed by atoms with Crippen LogP contribution in [-0.2, 0) is 28.8 Å². The maximum atomic E-state index is 13.1. The fraction of sp³-hybridized carbons (Fsp3) is 0.455. The molecule has 3 aliphatic rings. The lowest BCUT2D eigenvalue weighted by Crippen LogP contribution is -2.60. The molecule has 7 rings (SSSR count). The number of hydrogen-bond acceptors (Lipinski definition) is 17. The van der Waals surface area contributed by atoms with E-state index in [4.69, 9.17) is 30.0 Å². The number of fused-ring (bicyclic) bond motifs is 3. The molecule has 43 heavy (non-hydrogen) atoms. The van der Waals surface area contributed by atoms with E-state index >= 15 is 0 Å². The van der Waals surface area contributed by atoms with Crippen molar-refractivity contribution < 1.29 is 48.4 Å². The average Bonchev–Trinajstić information content (AvgIpc) is 3.71. The summed E-state index contributed by atoms with van der Waals surface area (Å²) in [5.41, 5.74) is 8.84. The van der Waals surface area contributed by atoms with Gasteiger partial charge in [-0.3, -0.25) is 18.2 Å². The molecular formula is C22H25N10O10P. The number of rotatable bonds is 8. The Balaban J connectivity index is 1.11. The third-order valence-corrected chi connectivity index (χ3v) is 8.79. The fourth-order valence-corrected chi connectivity index (χ4v) is 6.52. The van der Waals surface area contributed by atoms with E-state index in [1.165, 1.54) is 46.6 Å². The first-order valence-corrected chi connectivity index (χ1v) is 14.2. The maximum absolute atomic E-state index is 13.1. The zero-order valence-electron chi connectivity index (χ0n) is 21.8. The summed E-state index contributed by atoms with van der Waals surface area (Å²) in [6.45, 7) is -1.38. The molecule has 1 unspecified atom stereocenters. The van der Waals surface area contributed by atoms with Gasteiger partial charge in [-0.1, -0.05) is 0 Å². The smallest absolute Gasteiger partial charge is 0.394 e. The summed E-state index contributed by atoms with van der Waals surface area (Å²) in [5.74, 6) is 0.149. The Morgan fingerprint density at radius 3 is 2.33 bits per heavy atom. The van der Waals surface area contributed by atoms with Gasteiger partial charge in [0, 0.05) is 0 Å². The van der Waals surface area contributed by atoms with Crippen LogP contribution in [-0.4, -0.2) is 114 Å². The maximum Gasteiger partial charge on any atom is 0.472 e. The van der Waals surface area contributed by atoms with Crippen molar-refractivity contribution in [1.29, 1.82) is 0 Å². The molecule has 0 aromatic carbocycles. The van der Waals surface area contributed by atoms with Crippen LogP contribution in [0.2, 0.25) is 0 Å². The number of nitrogen functional groups attached to an aromatic ring is 2. The lowest BCUT2D eigenvalue weighted by atomic mass is 9.76. The Labute approximate surface area is 239 Å². The summed E-state index contributed by atoms with van der Waals surface area (Å²) >= 11 is 0. The fourth-order valence-electron chi connectivity index (χ4n) is 5.59. The first-order chi connectivity index (χ1) is 20.5.